The van der Waals surface area contributed by atoms with E-state index >= 15 is 0 Å². The summed E-state index contributed by atoms with van der Waals surface area (Å²) in [5.41, 5.74) is 6.98. The third-order valence-electron chi connectivity index (χ3n) is 2.86. The van der Waals surface area contributed by atoms with Crippen molar-refractivity contribution in [1.82, 2.24) is 9.97 Å². The van der Waals surface area contributed by atoms with Crippen molar-refractivity contribution < 1.29 is 0 Å². The average Bonchev–Trinajstić information content (AvgIpc) is 2.41. The molecule has 0 radical (unpaired) electrons. The van der Waals surface area contributed by atoms with Crippen LogP contribution in [-0.2, 0) is 6.42 Å². The Labute approximate surface area is 117 Å². The lowest BCUT2D eigenvalue weighted by Gasteiger charge is -2.22. The topological polar surface area (TPSA) is 63.8 Å². The number of anilines is 2. The van der Waals surface area contributed by atoms with Crippen molar-refractivity contribution in [2.75, 3.05) is 34.9 Å². The Morgan fingerprint density at radius 1 is 1.44 bits per heavy atom. The zero-order valence-electron chi connectivity index (χ0n) is 10.7. The molecule has 4 nitrogen and oxygen atoms in total. The fourth-order valence-corrected chi connectivity index (χ4v) is 4.55. The second kappa shape index (κ2) is 7.09. The molecule has 1 aliphatic heterocycles. The van der Waals surface area contributed by atoms with Crippen molar-refractivity contribution in [3.05, 3.63) is 11.9 Å². The summed E-state index contributed by atoms with van der Waals surface area (Å²) >= 11 is 4.09. The van der Waals surface area contributed by atoms with Gasteiger partial charge in [-0.3, -0.25) is 0 Å². The molecule has 0 aromatic carbocycles. The van der Waals surface area contributed by atoms with E-state index in [9.17, 15) is 0 Å². The molecule has 0 amide bonds. The predicted octanol–water partition coefficient (Wildman–Crippen LogP) is 2.27. The van der Waals surface area contributed by atoms with Crippen molar-refractivity contribution in [3.63, 3.8) is 0 Å². The summed E-state index contributed by atoms with van der Waals surface area (Å²) < 4.78 is 0. The lowest BCUT2D eigenvalue weighted by Crippen LogP contribution is -2.24. The summed E-state index contributed by atoms with van der Waals surface area (Å²) in [6.07, 6.45) is 3.53. The highest BCUT2D eigenvalue weighted by Gasteiger charge is 2.15. The average molecular weight is 284 g/mol. The van der Waals surface area contributed by atoms with E-state index in [1.54, 1.807) is 6.33 Å². The molecule has 1 aliphatic rings. The third-order valence-corrected chi connectivity index (χ3v) is 5.71. The first-order valence-corrected chi connectivity index (χ1v) is 8.54. The van der Waals surface area contributed by atoms with Crippen molar-refractivity contribution >= 4 is 35.2 Å². The van der Waals surface area contributed by atoms with Crippen LogP contribution in [0.1, 0.15) is 18.9 Å². The van der Waals surface area contributed by atoms with Gasteiger partial charge in [0, 0.05) is 34.6 Å². The number of nitrogens with two attached hydrogens (primary N) is 1. The fourth-order valence-electron chi connectivity index (χ4n) is 1.94. The van der Waals surface area contributed by atoms with Crippen molar-refractivity contribution in [1.29, 1.82) is 0 Å². The van der Waals surface area contributed by atoms with Crippen molar-refractivity contribution in [2.24, 2.45) is 0 Å². The molecule has 0 saturated carbocycles. The number of hydrogen-bond donors (Lipinski definition) is 2. The minimum atomic E-state index is 0.611. The molecule has 1 atom stereocenters. The number of nitrogens with zero attached hydrogens (tertiary/aromatic N) is 2. The van der Waals surface area contributed by atoms with Crippen LogP contribution in [0.5, 0.6) is 0 Å². The van der Waals surface area contributed by atoms with Gasteiger partial charge in [-0.1, -0.05) is 13.3 Å². The monoisotopic (exact) mass is 284 g/mol. The quantitative estimate of drug-likeness (QED) is 0.865. The number of nitrogens with one attached hydrogen (secondary N) is 1. The van der Waals surface area contributed by atoms with Gasteiger partial charge in [0.2, 0.25) is 0 Å². The Morgan fingerprint density at radius 3 is 3.06 bits per heavy atom. The molecule has 0 aliphatic carbocycles. The number of hydrogen-bond acceptors (Lipinski definition) is 6. The van der Waals surface area contributed by atoms with Crippen molar-refractivity contribution in [2.45, 2.75) is 25.0 Å². The van der Waals surface area contributed by atoms with E-state index < -0.39 is 0 Å². The van der Waals surface area contributed by atoms with Gasteiger partial charge in [-0.15, -0.1) is 0 Å². The molecule has 100 valence electrons. The molecular formula is C12H20N4S2. The van der Waals surface area contributed by atoms with Crippen LogP contribution >= 0.6 is 23.5 Å². The summed E-state index contributed by atoms with van der Waals surface area (Å²) in [4.78, 5) is 8.39. The van der Waals surface area contributed by atoms with Crippen LogP contribution < -0.4 is 11.1 Å². The van der Waals surface area contributed by atoms with Gasteiger partial charge >= 0.3 is 0 Å². The molecule has 2 rings (SSSR count). The summed E-state index contributed by atoms with van der Waals surface area (Å²) in [6.45, 7) is 3.11. The fraction of sp³-hybridized carbons (Fsp3) is 0.667. The first kappa shape index (κ1) is 13.8. The lowest BCUT2D eigenvalue weighted by molar-refractivity contribution is 0.897. The van der Waals surface area contributed by atoms with Crippen LogP contribution in [0.3, 0.4) is 0 Å². The third kappa shape index (κ3) is 3.68. The van der Waals surface area contributed by atoms with Crippen LogP contribution in [0, 0.1) is 0 Å². The zero-order chi connectivity index (χ0) is 12.8. The SMILES string of the molecule is CCCc1c(N)ncnc1NCC1CSCCS1. The molecule has 3 N–H and O–H groups in total. The van der Waals surface area contributed by atoms with Gasteiger partial charge in [-0.25, -0.2) is 9.97 Å². The minimum absolute atomic E-state index is 0.611. The molecule has 0 spiro atoms. The van der Waals surface area contributed by atoms with Crippen LogP contribution in [0.15, 0.2) is 6.33 Å². The molecule has 6 heteroatoms. The van der Waals surface area contributed by atoms with Gasteiger partial charge in [0.25, 0.3) is 0 Å². The predicted molar refractivity (Wildman–Crippen MR) is 82.5 cm³/mol. The molecular weight excluding hydrogens is 264 g/mol. The minimum Gasteiger partial charge on any atom is -0.383 e. The number of aromatic nitrogens is 2. The maximum Gasteiger partial charge on any atom is 0.134 e. The molecule has 1 aromatic heterocycles. The molecule has 2 heterocycles. The number of nitrogen functional groups attached to an aromatic ring is 1. The van der Waals surface area contributed by atoms with E-state index in [-0.39, 0.29) is 0 Å². The molecule has 0 bridgehead atoms. The summed E-state index contributed by atoms with van der Waals surface area (Å²) in [5, 5.41) is 4.12. The highest BCUT2D eigenvalue weighted by atomic mass is 32.2. The van der Waals surface area contributed by atoms with Gasteiger partial charge in [0.1, 0.15) is 18.0 Å². The number of thioether (sulfide) groups is 2. The Morgan fingerprint density at radius 2 is 2.33 bits per heavy atom. The maximum absolute atomic E-state index is 5.92. The van der Waals surface area contributed by atoms with Crippen LogP contribution in [0.4, 0.5) is 11.6 Å². The van der Waals surface area contributed by atoms with Crippen LogP contribution in [-0.4, -0.2) is 39.0 Å². The molecule has 1 saturated heterocycles. The summed E-state index contributed by atoms with van der Waals surface area (Å²) in [7, 11) is 0. The second-order valence-electron chi connectivity index (χ2n) is 4.28. The molecule has 1 aromatic rings. The molecule has 1 unspecified atom stereocenters. The standard InChI is InChI=1S/C12H20N4S2/c1-2-3-10-11(13)15-8-16-12(10)14-6-9-7-17-4-5-18-9/h8-9H,2-7H2,1H3,(H3,13,14,15,16). The Hall–Kier alpha value is -0.620. The molecule has 18 heavy (non-hydrogen) atoms. The Balaban J connectivity index is 1.97. The zero-order valence-corrected chi connectivity index (χ0v) is 12.3. The van der Waals surface area contributed by atoms with Crippen LogP contribution in [0.2, 0.25) is 0 Å². The number of rotatable bonds is 5. The lowest BCUT2D eigenvalue weighted by atomic mass is 10.1. The first-order chi connectivity index (χ1) is 8.81. The highest BCUT2D eigenvalue weighted by molar-refractivity contribution is 8.06. The Kier molecular flexibility index (Phi) is 5.44. The normalized spacial score (nSPS) is 19.7. The first-order valence-electron chi connectivity index (χ1n) is 6.33. The summed E-state index contributed by atoms with van der Waals surface area (Å²) in [5.74, 6) is 5.29. The van der Waals surface area contributed by atoms with Gasteiger partial charge in [-0.05, 0) is 6.42 Å². The molecule has 1 fully saturated rings. The Bertz CT molecular complexity index is 380. The van der Waals surface area contributed by atoms with Gasteiger partial charge in [0.05, 0.1) is 0 Å². The maximum atomic E-state index is 5.92. The van der Waals surface area contributed by atoms with E-state index in [4.69, 9.17) is 5.73 Å². The van der Waals surface area contributed by atoms with E-state index in [2.05, 4.69) is 22.2 Å². The van der Waals surface area contributed by atoms with Gasteiger partial charge < -0.3 is 11.1 Å². The van der Waals surface area contributed by atoms with Crippen LogP contribution in [0.25, 0.3) is 0 Å². The van der Waals surface area contributed by atoms with Crippen molar-refractivity contribution in [3.8, 4) is 0 Å². The van der Waals surface area contributed by atoms with E-state index in [0.29, 0.717) is 11.1 Å². The van der Waals surface area contributed by atoms with E-state index in [1.807, 2.05) is 23.5 Å². The van der Waals surface area contributed by atoms with E-state index in [0.717, 1.165) is 30.8 Å². The van der Waals surface area contributed by atoms with Gasteiger partial charge in [-0.2, -0.15) is 23.5 Å². The smallest absolute Gasteiger partial charge is 0.134 e. The second-order valence-corrected chi connectivity index (χ2v) is 6.84. The van der Waals surface area contributed by atoms with E-state index in [1.165, 1.54) is 17.3 Å². The largest absolute Gasteiger partial charge is 0.383 e. The highest BCUT2D eigenvalue weighted by Crippen LogP contribution is 2.25. The van der Waals surface area contributed by atoms with Gasteiger partial charge in [0.15, 0.2) is 0 Å². The summed E-state index contributed by atoms with van der Waals surface area (Å²) in [6, 6.07) is 0.